The van der Waals surface area contributed by atoms with Gasteiger partial charge in [0.2, 0.25) is 0 Å². The molecule has 0 fully saturated rings. The van der Waals surface area contributed by atoms with Crippen molar-refractivity contribution >= 4 is 27.7 Å². The molecule has 6 aromatic rings. The summed E-state index contributed by atoms with van der Waals surface area (Å²) in [5.74, 6) is 4.10. The average molecular weight is 843 g/mol. The molecular weight excluding hydrogens is 798 g/mol. The molecule has 0 unspecified atom stereocenters. The van der Waals surface area contributed by atoms with Gasteiger partial charge >= 0.3 is 21.1 Å². The molecule has 0 aliphatic carbocycles. The molecule has 1 aliphatic rings. The first-order valence-electron chi connectivity index (χ1n) is 17.4. The molecule has 5 nitrogen and oxygen atoms in total. The van der Waals surface area contributed by atoms with Crippen LogP contribution in [0.1, 0.15) is 65.2 Å². The van der Waals surface area contributed by atoms with E-state index in [9.17, 15) is 0 Å². The Labute approximate surface area is 311 Å². The number of ether oxygens (including phenoxy) is 2. The number of hydrogen-bond acceptors (Lipinski definition) is 4. The number of aromatic nitrogens is 2. The van der Waals surface area contributed by atoms with Crippen LogP contribution in [0.2, 0.25) is 0 Å². The molecule has 7 rings (SSSR count). The van der Waals surface area contributed by atoms with E-state index in [1.54, 1.807) is 0 Å². The first-order valence-corrected chi connectivity index (χ1v) is 17.4. The molecule has 0 radical (unpaired) electrons. The van der Waals surface area contributed by atoms with Crippen LogP contribution in [0, 0.1) is 36.8 Å². The van der Waals surface area contributed by atoms with Gasteiger partial charge in [-0.15, -0.1) is 23.6 Å². The van der Waals surface area contributed by atoms with Crippen molar-refractivity contribution in [1.82, 2.24) is 9.55 Å². The fraction of sp³-hybridized carbons (Fsp3) is 0.318. The van der Waals surface area contributed by atoms with Crippen molar-refractivity contribution in [3.8, 4) is 28.4 Å². The average Bonchev–Trinajstić information content (AvgIpc) is 3.67. The normalized spacial score (nSPS) is 14.8. The zero-order chi connectivity index (χ0) is 34.4. The van der Waals surface area contributed by atoms with Crippen molar-refractivity contribution in [2.75, 3.05) is 6.61 Å². The quantitative estimate of drug-likeness (QED) is 0.143. The maximum atomic E-state index is 6.63. The van der Waals surface area contributed by atoms with Crippen LogP contribution in [-0.4, -0.2) is 28.1 Å². The molecule has 0 saturated heterocycles. The molecule has 3 heterocycles. The summed E-state index contributed by atoms with van der Waals surface area (Å²) in [7, 11) is 0. The third-order valence-electron chi connectivity index (χ3n) is 9.70. The van der Waals surface area contributed by atoms with Gasteiger partial charge in [0.1, 0.15) is 11.7 Å². The molecule has 258 valence electrons. The van der Waals surface area contributed by atoms with E-state index in [0.717, 1.165) is 44.3 Å². The molecule has 0 amide bonds. The Morgan fingerprint density at radius 3 is 2.30 bits per heavy atom. The Bertz CT molecular complexity index is 2170. The van der Waals surface area contributed by atoms with Crippen LogP contribution in [0.15, 0.2) is 96.1 Å². The number of nitrogens with zero attached hydrogens (tertiary/aromatic N) is 3. The van der Waals surface area contributed by atoms with E-state index < -0.39 is 0 Å². The minimum Gasteiger partial charge on any atom is -0.518 e. The maximum Gasteiger partial charge on any atom is 2.00 e. The third-order valence-corrected chi connectivity index (χ3v) is 9.70. The minimum atomic E-state index is -0.0137. The van der Waals surface area contributed by atoms with Crippen LogP contribution < -0.4 is 4.74 Å². The second kappa shape index (κ2) is 14.2. The van der Waals surface area contributed by atoms with Gasteiger partial charge in [-0.1, -0.05) is 125 Å². The summed E-state index contributed by atoms with van der Waals surface area (Å²) in [5.41, 5.74) is 7.29. The Morgan fingerprint density at radius 2 is 1.58 bits per heavy atom. The number of hydrogen-bond donors (Lipinski definition) is 0. The molecule has 0 N–H and O–H groups in total. The Balaban J connectivity index is 0.00000432. The van der Waals surface area contributed by atoms with Gasteiger partial charge < -0.3 is 14.0 Å². The Kier molecular flexibility index (Phi) is 10.1. The van der Waals surface area contributed by atoms with Gasteiger partial charge in [-0.2, -0.15) is 6.07 Å². The van der Waals surface area contributed by atoms with Crippen LogP contribution in [-0.2, 0) is 31.2 Å². The predicted molar refractivity (Wildman–Crippen MR) is 201 cm³/mol. The van der Waals surface area contributed by atoms with Gasteiger partial charge in [0.25, 0.3) is 0 Å². The topological polar surface area (TPSA) is 48.6 Å². The summed E-state index contributed by atoms with van der Waals surface area (Å²) < 4.78 is 15.1. The number of pyridine rings is 1. The van der Waals surface area contributed by atoms with Gasteiger partial charge in [-0.3, -0.25) is 4.99 Å². The van der Waals surface area contributed by atoms with Crippen molar-refractivity contribution in [1.29, 1.82) is 0 Å². The Hall–Kier alpha value is -4.21. The molecule has 0 bridgehead atoms. The number of aliphatic imine (C=N–C) groups is 1. The third kappa shape index (κ3) is 7.03. The molecule has 0 saturated carbocycles. The second-order valence-electron chi connectivity index (χ2n) is 15.1. The van der Waals surface area contributed by atoms with Gasteiger partial charge in [0.05, 0.1) is 12.6 Å². The molecule has 1 aliphatic heterocycles. The van der Waals surface area contributed by atoms with Gasteiger partial charge in [0.15, 0.2) is 0 Å². The number of fused-ring (bicyclic) bond motifs is 3. The van der Waals surface area contributed by atoms with E-state index in [1.165, 1.54) is 11.1 Å². The first kappa shape index (κ1) is 35.6. The van der Waals surface area contributed by atoms with E-state index >= 15 is 0 Å². The molecule has 4 aromatic carbocycles. The monoisotopic (exact) mass is 842 g/mol. The van der Waals surface area contributed by atoms with Crippen LogP contribution in [0.3, 0.4) is 0 Å². The molecule has 2 aromatic heterocycles. The largest absolute Gasteiger partial charge is 2.00 e. The van der Waals surface area contributed by atoms with Crippen LogP contribution >= 0.6 is 0 Å². The number of rotatable bonds is 8. The van der Waals surface area contributed by atoms with Crippen LogP contribution in [0.5, 0.6) is 11.5 Å². The fourth-order valence-electron chi connectivity index (χ4n) is 7.36. The summed E-state index contributed by atoms with van der Waals surface area (Å²) in [5, 5.41) is 2.26. The number of benzene rings is 4. The molecule has 6 heteroatoms. The van der Waals surface area contributed by atoms with Gasteiger partial charge in [-0.25, -0.2) is 4.98 Å². The zero-order valence-electron chi connectivity index (χ0n) is 30.2. The van der Waals surface area contributed by atoms with Crippen molar-refractivity contribution in [3.05, 3.63) is 120 Å². The van der Waals surface area contributed by atoms with E-state index in [1.807, 2.05) is 36.5 Å². The summed E-state index contributed by atoms with van der Waals surface area (Å²) in [6, 6.07) is 36.7. The summed E-state index contributed by atoms with van der Waals surface area (Å²) in [4.78, 5) is 9.96. The molecular formula is C44H45N3O2Pt. The van der Waals surface area contributed by atoms with Crippen molar-refractivity contribution in [3.63, 3.8) is 0 Å². The Morgan fingerprint density at radius 1 is 0.820 bits per heavy atom. The standard InChI is InChI=1S/C44H45N3O2.Pt/c1-27(2)42(28(3)4)38-26-48-43(46-38)32-21-31(30-12-10-9-11-13-30)22-35(23-32)49-34-15-16-36-37-20-29(5)14-17-39(37)47(40(36)25-34)41-24-33(18-19-45-41)44(6,7)8;/h9-22,24,27-28,38,42H,26H2,1-8H3;/q-2;+2/t38-;/m0./s1. The zero-order valence-corrected chi connectivity index (χ0v) is 32.4. The molecule has 0 spiro atoms. The SMILES string of the molecule is Cc1ccc2c(c1)c1ccc(Oc3[c-]c(C4=N[C@H](C(C(C)C)C(C)C)CO4)cc(-c4ccccc4)c3)[c-]c1n2-c1cc(C(C)(C)C)ccn1.[Pt+2]. The molecule has 50 heavy (non-hydrogen) atoms. The van der Waals surface area contributed by atoms with Crippen LogP contribution in [0.25, 0.3) is 38.8 Å². The molecule has 1 atom stereocenters. The first-order chi connectivity index (χ1) is 23.5. The van der Waals surface area contributed by atoms with E-state index in [-0.39, 0.29) is 32.5 Å². The summed E-state index contributed by atoms with van der Waals surface area (Å²) in [6.45, 7) is 18.5. The smallest absolute Gasteiger partial charge is 0.518 e. The van der Waals surface area contributed by atoms with Gasteiger partial charge in [-0.05, 0) is 64.8 Å². The number of aryl methyl sites for hydroxylation is 1. The van der Waals surface area contributed by atoms with Gasteiger partial charge in [0, 0.05) is 23.2 Å². The summed E-state index contributed by atoms with van der Waals surface area (Å²) >= 11 is 0. The van der Waals surface area contributed by atoms with Crippen molar-refractivity contribution < 1.29 is 30.5 Å². The second-order valence-corrected chi connectivity index (χ2v) is 15.1. The van der Waals surface area contributed by atoms with E-state index in [0.29, 0.717) is 41.8 Å². The predicted octanol–water partition coefficient (Wildman–Crippen LogP) is 10.9. The summed E-state index contributed by atoms with van der Waals surface area (Å²) in [6.07, 6.45) is 1.90. The fourth-order valence-corrected chi connectivity index (χ4v) is 7.36. The van der Waals surface area contributed by atoms with Crippen molar-refractivity contribution in [2.24, 2.45) is 22.7 Å². The maximum absolute atomic E-state index is 6.63. The van der Waals surface area contributed by atoms with E-state index in [4.69, 9.17) is 19.5 Å². The van der Waals surface area contributed by atoms with Crippen molar-refractivity contribution in [2.45, 2.75) is 66.8 Å². The van der Waals surface area contributed by atoms with E-state index in [2.05, 4.69) is 127 Å². The minimum absolute atomic E-state index is 0. The van der Waals surface area contributed by atoms with Crippen LogP contribution in [0.4, 0.5) is 0 Å².